The van der Waals surface area contributed by atoms with Gasteiger partial charge in [-0.2, -0.15) is 0 Å². The third-order valence-corrected chi connectivity index (χ3v) is 2.41. The van der Waals surface area contributed by atoms with Gasteiger partial charge >= 0.3 is 5.97 Å². The Kier molecular flexibility index (Phi) is 4.32. The molecule has 0 spiro atoms. The molecule has 0 unspecified atom stereocenters. The molecule has 0 bridgehead atoms. The lowest BCUT2D eigenvalue weighted by molar-refractivity contribution is -0.137. The summed E-state index contributed by atoms with van der Waals surface area (Å²) in [6.07, 6.45) is 0. The van der Waals surface area contributed by atoms with E-state index in [1.807, 2.05) is 0 Å². The van der Waals surface area contributed by atoms with Crippen molar-refractivity contribution in [2.45, 2.75) is 11.9 Å². The van der Waals surface area contributed by atoms with Crippen LogP contribution in [-0.2, 0) is 9.53 Å². The zero-order chi connectivity index (χ0) is 11.3. The number of nitrogen functional groups attached to an aromatic ring is 1. The predicted octanol–water partition coefficient (Wildman–Crippen LogP) is 0.336. The van der Waals surface area contributed by atoms with Gasteiger partial charge in [-0.1, -0.05) is 11.8 Å². The van der Waals surface area contributed by atoms with Gasteiger partial charge in [0.2, 0.25) is 0 Å². The number of rotatable bonds is 4. The van der Waals surface area contributed by atoms with Gasteiger partial charge in [0, 0.05) is 6.07 Å². The van der Waals surface area contributed by atoms with Crippen molar-refractivity contribution in [1.29, 1.82) is 0 Å². The Bertz CT molecular complexity index is 358. The SMILES string of the molecule is COC(=O)CSc1cc(NN)nc(C)n1. The van der Waals surface area contributed by atoms with Crippen LogP contribution in [0.15, 0.2) is 11.1 Å². The summed E-state index contributed by atoms with van der Waals surface area (Å²) in [5.74, 6) is 6.27. The lowest BCUT2D eigenvalue weighted by Gasteiger charge is -2.04. The third kappa shape index (κ3) is 3.72. The number of hydrazine groups is 1. The third-order valence-electron chi connectivity index (χ3n) is 1.53. The van der Waals surface area contributed by atoms with Crippen molar-refractivity contribution in [3.63, 3.8) is 0 Å². The second-order valence-corrected chi connectivity index (χ2v) is 3.64. The minimum atomic E-state index is -0.293. The number of nitrogens with one attached hydrogen (secondary N) is 1. The standard InChI is InChI=1S/C8H12N4O2S/c1-5-10-6(12-9)3-7(11-5)15-4-8(13)14-2/h3H,4,9H2,1-2H3,(H,10,11,12). The summed E-state index contributed by atoms with van der Waals surface area (Å²) in [5, 5.41) is 0.681. The van der Waals surface area contributed by atoms with Crippen LogP contribution >= 0.6 is 11.8 Å². The molecule has 0 saturated heterocycles. The van der Waals surface area contributed by atoms with Gasteiger partial charge in [0.25, 0.3) is 0 Å². The van der Waals surface area contributed by atoms with Gasteiger partial charge in [-0.3, -0.25) is 4.79 Å². The molecule has 0 atom stereocenters. The number of anilines is 1. The fourth-order valence-corrected chi connectivity index (χ4v) is 1.66. The van der Waals surface area contributed by atoms with Gasteiger partial charge in [-0.15, -0.1) is 0 Å². The predicted molar refractivity (Wildman–Crippen MR) is 57.3 cm³/mol. The Morgan fingerprint density at radius 2 is 2.40 bits per heavy atom. The average Bonchev–Trinajstić information content (AvgIpc) is 2.25. The van der Waals surface area contributed by atoms with Crippen LogP contribution in [0.1, 0.15) is 5.82 Å². The number of thioether (sulfide) groups is 1. The first-order chi connectivity index (χ1) is 7.15. The highest BCUT2D eigenvalue weighted by molar-refractivity contribution is 7.99. The lowest BCUT2D eigenvalue weighted by Crippen LogP contribution is -2.10. The van der Waals surface area contributed by atoms with E-state index in [0.29, 0.717) is 16.7 Å². The molecule has 6 nitrogen and oxygen atoms in total. The number of nitrogens with two attached hydrogens (primary N) is 1. The van der Waals surface area contributed by atoms with Crippen molar-refractivity contribution < 1.29 is 9.53 Å². The van der Waals surface area contributed by atoms with Crippen LogP contribution in [0.3, 0.4) is 0 Å². The lowest BCUT2D eigenvalue weighted by atomic mass is 10.5. The first-order valence-electron chi connectivity index (χ1n) is 4.17. The maximum atomic E-state index is 10.9. The zero-order valence-corrected chi connectivity index (χ0v) is 9.30. The molecule has 3 N–H and O–H groups in total. The number of methoxy groups -OCH3 is 1. The van der Waals surface area contributed by atoms with Gasteiger partial charge in [-0.25, -0.2) is 15.8 Å². The molecule has 0 aromatic carbocycles. The van der Waals surface area contributed by atoms with E-state index in [1.54, 1.807) is 13.0 Å². The van der Waals surface area contributed by atoms with Gasteiger partial charge in [0.05, 0.1) is 12.9 Å². The Morgan fingerprint density at radius 1 is 1.67 bits per heavy atom. The molecule has 82 valence electrons. The number of hydrogen-bond donors (Lipinski definition) is 2. The Morgan fingerprint density at radius 3 is 3.00 bits per heavy atom. The smallest absolute Gasteiger partial charge is 0.316 e. The molecule has 0 amide bonds. The van der Waals surface area contributed by atoms with Crippen LogP contribution in [0.5, 0.6) is 0 Å². The van der Waals surface area contributed by atoms with Crippen LogP contribution in [0.2, 0.25) is 0 Å². The van der Waals surface area contributed by atoms with Crippen LogP contribution < -0.4 is 11.3 Å². The summed E-state index contributed by atoms with van der Waals surface area (Å²) in [5.41, 5.74) is 2.43. The highest BCUT2D eigenvalue weighted by Crippen LogP contribution is 2.17. The first-order valence-corrected chi connectivity index (χ1v) is 5.16. The second kappa shape index (κ2) is 5.52. The number of carbonyl (C=O) groups is 1. The number of aryl methyl sites for hydroxylation is 1. The fourth-order valence-electron chi connectivity index (χ4n) is 0.880. The van der Waals surface area contributed by atoms with E-state index >= 15 is 0 Å². The fraction of sp³-hybridized carbons (Fsp3) is 0.375. The molecular weight excluding hydrogens is 216 g/mol. The quantitative estimate of drug-likeness (QED) is 0.252. The molecule has 1 aromatic rings. The minimum absolute atomic E-state index is 0.219. The van der Waals surface area contributed by atoms with Gasteiger partial charge in [-0.05, 0) is 6.92 Å². The Labute approximate surface area is 91.6 Å². The van der Waals surface area contributed by atoms with Crippen molar-refractivity contribution in [2.24, 2.45) is 5.84 Å². The van der Waals surface area contributed by atoms with E-state index in [9.17, 15) is 4.79 Å². The van der Waals surface area contributed by atoms with Gasteiger partial charge < -0.3 is 10.2 Å². The number of hydrogen-bond acceptors (Lipinski definition) is 7. The van der Waals surface area contributed by atoms with Crippen molar-refractivity contribution in [3.8, 4) is 0 Å². The molecule has 1 heterocycles. The van der Waals surface area contributed by atoms with E-state index in [0.717, 1.165) is 0 Å². The molecular formula is C8H12N4O2S. The van der Waals surface area contributed by atoms with Crippen molar-refractivity contribution in [2.75, 3.05) is 18.3 Å². The van der Waals surface area contributed by atoms with Crippen molar-refractivity contribution in [3.05, 3.63) is 11.9 Å². The topological polar surface area (TPSA) is 90.1 Å². The largest absolute Gasteiger partial charge is 0.468 e. The molecule has 0 saturated carbocycles. The second-order valence-electron chi connectivity index (χ2n) is 2.65. The number of ether oxygens (including phenoxy) is 1. The first kappa shape index (κ1) is 11.7. The Balaban J connectivity index is 2.68. The molecule has 0 aliphatic heterocycles. The summed E-state index contributed by atoms with van der Waals surface area (Å²) in [4.78, 5) is 19.1. The summed E-state index contributed by atoms with van der Waals surface area (Å²) < 4.78 is 4.52. The maximum absolute atomic E-state index is 10.9. The van der Waals surface area contributed by atoms with Gasteiger partial charge in [0.1, 0.15) is 16.7 Å². The van der Waals surface area contributed by atoms with E-state index in [1.165, 1.54) is 18.9 Å². The molecule has 0 radical (unpaired) electrons. The zero-order valence-electron chi connectivity index (χ0n) is 8.48. The normalized spacial score (nSPS) is 9.80. The molecule has 1 rings (SSSR count). The highest BCUT2D eigenvalue weighted by atomic mass is 32.2. The number of aromatic nitrogens is 2. The van der Waals surface area contributed by atoms with E-state index in [-0.39, 0.29) is 11.7 Å². The van der Waals surface area contributed by atoms with Crippen molar-refractivity contribution >= 4 is 23.5 Å². The maximum Gasteiger partial charge on any atom is 0.316 e. The van der Waals surface area contributed by atoms with Crippen LogP contribution in [0.4, 0.5) is 5.82 Å². The number of nitrogens with zero attached hydrogens (tertiary/aromatic N) is 2. The summed E-state index contributed by atoms with van der Waals surface area (Å²) in [6, 6.07) is 1.67. The van der Waals surface area contributed by atoms with E-state index < -0.39 is 0 Å². The van der Waals surface area contributed by atoms with Gasteiger partial charge in [0.15, 0.2) is 0 Å². The number of carbonyl (C=O) groups excluding carboxylic acids is 1. The number of esters is 1. The minimum Gasteiger partial charge on any atom is -0.468 e. The highest BCUT2D eigenvalue weighted by Gasteiger charge is 2.05. The van der Waals surface area contributed by atoms with Crippen LogP contribution in [0.25, 0.3) is 0 Å². The summed E-state index contributed by atoms with van der Waals surface area (Å²) in [6.45, 7) is 1.75. The van der Waals surface area contributed by atoms with E-state index in [2.05, 4.69) is 20.1 Å². The molecule has 1 aromatic heterocycles. The molecule has 0 fully saturated rings. The van der Waals surface area contributed by atoms with Crippen LogP contribution in [-0.4, -0.2) is 28.8 Å². The van der Waals surface area contributed by atoms with E-state index in [4.69, 9.17) is 5.84 Å². The molecule has 15 heavy (non-hydrogen) atoms. The monoisotopic (exact) mass is 228 g/mol. The molecule has 0 aliphatic rings. The molecule has 0 aliphatic carbocycles. The summed E-state index contributed by atoms with van der Waals surface area (Å²) in [7, 11) is 1.35. The Hall–Kier alpha value is -1.34. The summed E-state index contributed by atoms with van der Waals surface area (Å²) >= 11 is 1.28. The van der Waals surface area contributed by atoms with Crippen molar-refractivity contribution in [1.82, 2.24) is 9.97 Å². The molecule has 7 heteroatoms. The van der Waals surface area contributed by atoms with Crippen LogP contribution in [0, 0.1) is 6.92 Å². The average molecular weight is 228 g/mol.